The van der Waals surface area contributed by atoms with Crippen molar-refractivity contribution in [3.63, 3.8) is 0 Å². The molecule has 0 spiro atoms. The van der Waals surface area contributed by atoms with Gasteiger partial charge >= 0.3 is 0 Å². The SMILES string of the molecule is O=c1[nH]cnc(Sc2ccc(F)cc2F)c1Br. The monoisotopic (exact) mass is 318 g/mol. The number of nitrogens with one attached hydrogen (secondary N) is 1. The molecule has 1 aromatic carbocycles. The van der Waals surface area contributed by atoms with Gasteiger partial charge in [0.05, 0.1) is 6.33 Å². The van der Waals surface area contributed by atoms with Crippen LogP contribution in [-0.2, 0) is 0 Å². The zero-order valence-electron chi connectivity index (χ0n) is 8.21. The van der Waals surface area contributed by atoms with E-state index in [-0.39, 0.29) is 14.9 Å². The Balaban J connectivity index is 2.38. The maximum atomic E-state index is 13.4. The van der Waals surface area contributed by atoms with Gasteiger partial charge in [0.25, 0.3) is 5.56 Å². The Morgan fingerprint density at radius 2 is 2.12 bits per heavy atom. The van der Waals surface area contributed by atoms with E-state index in [0.29, 0.717) is 5.03 Å². The topological polar surface area (TPSA) is 45.8 Å². The lowest BCUT2D eigenvalue weighted by Gasteiger charge is -2.03. The molecule has 2 aromatic rings. The van der Waals surface area contributed by atoms with Gasteiger partial charge in [-0.3, -0.25) is 4.79 Å². The first kappa shape index (κ1) is 12.3. The summed E-state index contributed by atoms with van der Waals surface area (Å²) in [5.74, 6) is -1.34. The van der Waals surface area contributed by atoms with E-state index in [0.717, 1.165) is 23.9 Å². The summed E-state index contributed by atoms with van der Waals surface area (Å²) in [5.41, 5.74) is -0.356. The van der Waals surface area contributed by atoms with Crippen LogP contribution in [0, 0.1) is 11.6 Å². The highest BCUT2D eigenvalue weighted by molar-refractivity contribution is 9.10. The Labute approximate surface area is 107 Å². The molecule has 0 saturated heterocycles. The Morgan fingerprint density at radius 3 is 2.82 bits per heavy atom. The molecule has 1 N–H and O–H groups in total. The van der Waals surface area contributed by atoms with Gasteiger partial charge in [-0.1, -0.05) is 11.8 Å². The van der Waals surface area contributed by atoms with Crippen molar-refractivity contribution >= 4 is 27.7 Å². The van der Waals surface area contributed by atoms with Crippen LogP contribution in [0.2, 0.25) is 0 Å². The van der Waals surface area contributed by atoms with Gasteiger partial charge in [0.15, 0.2) is 0 Å². The number of aromatic amines is 1. The van der Waals surface area contributed by atoms with E-state index >= 15 is 0 Å². The molecule has 0 bridgehead atoms. The molecule has 3 nitrogen and oxygen atoms in total. The van der Waals surface area contributed by atoms with E-state index in [2.05, 4.69) is 25.9 Å². The first-order valence-corrected chi connectivity index (χ1v) is 6.05. The highest BCUT2D eigenvalue weighted by Gasteiger charge is 2.11. The van der Waals surface area contributed by atoms with Crippen LogP contribution in [0.3, 0.4) is 0 Å². The predicted octanol–water partition coefficient (Wildman–Crippen LogP) is 2.96. The molecule has 0 atom stereocenters. The van der Waals surface area contributed by atoms with Gasteiger partial charge in [-0.05, 0) is 28.1 Å². The molecule has 0 aliphatic rings. The lowest BCUT2D eigenvalue weighted by atomic mass is 10.3. The van der Waals surface area contributed by atoms with Crippen LogP contribution >= 0.6 is 27.7 Å². The molecule has 88 valence electrons. The second-order valence-corrected chi connectivity index (χ2v) is 4.85. The number of nitrogens with zero attached hydrogens (tertiary/aromatic N) is 1. The van der Waals surface area contributed by atoms with Crippen molar-refractivity contribution in [2.24, 2.45) is 0 Å². The van der Waals surface area contributed by atoms with Crippen LogP contribution in [0.5, 0.6) is 0 Å². The van der Waals surface area contributed by atoms with Gasteiger partial charge in [-0.25, -0.2) is 13.8 Å². The summed E-state index contributed by atoms with van der Waals surface area (Å²) in [5, 5.41) is 0.319. The number of hydrogen-bond acceptors (Lipinski definition) is 3. The number of rotatable bonds is 2. The van der Waals surface area contributed by atoms with Crippen molar-refractivity contribution in [2.45, 2.75) is 9.92 Å². The third kappa shape index (κ3) is 2.73. The van der Waals surface area contributed by atoms with Crippen molar-refractivity contribution in [1.82, 2.24) is 9.97 Å². The zero-order valence-corrected chi connectivity index (χ0v) is 10.6. The van der Waals surface area contributed by atoms with Gasteiger partial charge in [-0.15, -0.1) is 0 Å². The van der Waals surface area contributed by atoms with Crippen molar-refractivity contribution in [2.75, 3.05) is 0 Å². The highest BCUT2D eigenvalue weighted by Crippen LogP contribution is 2.31. The quantitative estimate of drug-likeness (QED) is 0.866. The minimum atomic E-state index is -0.691. The molecule has 2 rings (SSSR count). The van der Waals surface area contributed by atoms with E-state index in [9.17, 15) is 13.6 Å². The minimum absolute atomic E-state index is 0.199. The molecular formula is C10H5BrF2N2OS. The molecule has 0 radical (unpaired) electrons. The molecule has 0 amide bonds. The maximum absolute atomic E-state index is 13.4. The van der Waals surface area contributed by atoms with Crippen LogP contribution in [0.15, 0.2) is 43.7 Å². The largest absolute Gasteiger partial charge is 0.312 e. The summed E-state index contributed by atoms with van der Waals surface area (Å²) >= 11 is 4.00. The van der Waals surface area contributed by atoms with Gasteiger partial charge < -0.3 is 4.98 Å². The predicted molar refractivity (Wildman–Crippen MR) is 63.0 cm³/mol. The molecule has 1 aromatic heterocycles. The summed E-state index contributed by atoms with van der Waals surface area (Å²) in [6, 6.07) is 3.22. The molecule has 7 heteroatoms. The average molecular weight is 319 g/mol. The highest BCUT2D eigenvalue weighted by atomic mass is 79.9. The molecule has 0 saturated carbocycles. The molecule has 0 unspecified atom stereocenters. The van der Waals surface area contributed by atoms with Crippen molar-refractivity contribution in [3.05, 3.63) is 51.0 Å². The van der Waals surface area contributed by atoms with E-state index in [4.69, 9.17) is 0 Å². The fourth-order valence-electron chi connectivity index (χ4n) is 1.10. The first-order chi connectivity index (χ1) is 8.08. The van der Waals surface area contributed by atoms with Gasteiger partial charge in [0.2, 0.25) is 0 Å². The Morgan fingerprint density at radius 1 is 1.35 bits per heavy atom. The fraction of sp³-hybridized carbons (Fsp3) is 0. The van der Waals surface area contributed by atoms with Gasteiger partial charge in [0, 0.05) is 11.0 Å². The molecule has 0 aliphatic carbocycles. The molecular weight excluding hydrogens is 314 g/mol. The fourth-order valence-corrected chi connectivity index (χ4v) is 2.35. The number of halogens is 3. The number of aromatic nitrogens is 2. The van der Waals surface area contributed by atoms with Crippen molar-refractivity contribution in [1.29, 1.82) is 0 Å². The zero-order chi connectivity index (χ0) is 12.4. The van der Waals surface area contributed by atoms with Crippen LogP contribution in [0.1, 0.15) is 0 Å². The van der Waals surface area contributed by atoms with Crippen LogP contribution in [-0.4, -0.2) is 9.97 Å². The third-order valence-electron chi connectivity index (χ3n) is 1.87. The summed E-state index contributed by atoms with van der Waals surface area (Å²) < 4.78 is 26.3. The van der Waals surface area contributed by atoms with Crippen LogP contribution < -0.4 is 5.56 Å². The number of H-pyrrole nitrogens is 1. The van der Waals surface area contributed by atoms with Gasteiger partial charge in [0.1, 0.15) is 21.1 Å². The van der Waals surface area contributed by atoms with E-state index in [1.165, 1.54) is 12.4 Å². The third-order valence-corrected chi connectivity index (χ3v) is 3.92. The molecule has 0 fully saturated rings. The Kier molecular flexibility index (Phi) is 3.58. The molecule has 0 aliphatic heterocycles. The van der Waals surface area contributed by atoms with Crippen LogP contribution in [0.4, 0.5) is 8.78 Å². The van der Waals surface area contributed by atoms with Crippen molar-refractivity contribution in [3.8, 4) is 0 Å². The van der Waals surface area contributed by atoms with Gasteiger partial charge in [-0.2, -0.15) is 0 Å². The van der Waals surface area contributed by atoms with E-state index in [1.54, 1.807) is 0 Å². The summed E-state index contributed by atoms with van der Waals surface area (Å²) in [4.78, 5) is 17.7. The Bertz CT molecular complexity index is 617. The van der Waals surface area contributed by atoms with E-state index < -0.39 is 11.6 Å². The summed E-state index contributed by atoms with van der Waals surface area (Å²) in [7, 11) is 0. The Hall–Kier alpha value is -1.21. The second kappa shape index (κ2) is 4.97. The lowest BCUT2D eigenvalue weighted by molar-refractivity contribution is 0.565. The number of hydrogen-bond donors (Lipinski definition) is 1. The first-order valence-electron chi connectivity index (χ1n) is 4.44. The van der Waals surface area contributed by atoms with Crippen LogP contribution in [0.25, 0.3) is 0 Å². The average Bonchev–Trinajstić information content (AvgIpc) is 2.28. The smallest absolute Gasteiger partial charge is 0.266 e. The standard InChI is InChI=1S/C10H5BrF2N2OS/c11-8-9(16)14-4-15-10(8)17-7-2-1-5(12)3-6(7)13/h1-4H,(H,14,15,16). The maximum Gasteiger partial charge on any atom is 0.266 e. The summed E-state index contributed by atoms with van der Waals surface area (Å²) in [6.45, 7) is 0. The molecule has 1 heterocycles. The second-order valence-electron chi connectivity index (χ2n) is 3.03. The molecule has 17 heavy (non-hydrogen) atoms. The van der Waals surface area contributed by atoms with E-state index in [1.807, 2.05) is 0 Å². The normalized spacial score (nSPS) is 10.5. The summed E-state index contributed by atoms with van der Waals surface area (Å²) in [6.07, 6.45) is 1.22. The lowest BCUT2D eigenvalue weighted by Crippen LogP contribution is -2.07. The minimum Gasteiger partial charge on any atom is -0.312 e. The number of benzene rings is 1. The van der Waals surface area contributed by atoms with Crippen molar-refractivity contribution < 1.29 is 8.78 Å².